The van der Waals surface area contributed by atoms with Gasteiger partial charge in [-0.25, -0.2) is 4.99 Å². The highest BCUT2D eigenvalue weighted by Gasteiger charge is 2.13. The Morgan fingerprint density at radius 3 is 2.10 bits per heavy atom. The molecule has 0 aliphatic carbocycles. The van der Waals surface area contributed by atoms with Crippen LogP contribution in [-0.2, 0) is 0 Å². The number of para-hydroxylation sites is 1. The molecule has 1 heterocycles. The molecule has 0 atom stereocenters. The highest BCUT2D eigenvalue weighted by Crippen LogP contribution is 2.34. The summed E-state index contributed by atoms with van der Waals surface area (Å²) in [5, 5.41) is 11.7. The molecule has 0 spiro atoms. The van der Waals surface area contributed by atoms with Gasteiger partial charge in [-0.1, -0.05) is 45.9 Å². The fourth-order valence-corrected chi connectivity index (χ4v) is 2.33. The van der Waals surface area contributed by atoms with Gasteiger partial charge >= 0.3 is 0 Å². The van der Waals surface area contributed by atoms with Crippen molar-refractivity contribution < 1.29 is 4.73 Å². The molecule has 3 heteroatoms. The van der Waals surface area contributed by atoms with E-state index in [1.807, 2.05) is 6.07 Å². The SMILES string of the molecule is CC(C)c1cccc(C(C)C)c1N=Cc1cccc[n+]1[O-]. The van der Waals surface area contributed by atoms with Crippen LogP contribution in [0.15, 0.2) is 47.6 Å². The van der Waals surface area contributed by atoms with Crippen LogP contribution in [0.4, 0.5) is 5.69 Å². The van der Waals surface area contributed by atoms with Crippen LogP contribution in [-0.4, -0.2) is 6.21 Å². The highest BCUT2D eigenvalue weighted by molar-refractivity contribution is 5.79. The molecule has 0 saturated heterocycles. The van der Waals surface area contributed by atoms with Gasteiger partial charge in [0.25, 0.3) is 0 Å². The molecule has 0 N–H and O–H groups in total. The lowest BCUT2D eigenvalue weighted by Crippen LogP contribution is -2.30. The lowest BCUT2D eigenvalue weighted by atomic mass is 9.93. The Kier molecular flexibility index (Phi) is 4.73. The van der Waals surface area contributed by atoms with Gasteiger partial charge in [-0.2, -0.15) is 4.73 Å². The molecule has 1 aromatic carbocycles. The molecule has 0 unspecified atom stereocenters. The zero-order chi connectivity index (χ0) is 15.4. The number of benzene rings is 1. The van der Waals surface area contributed by atoms with Crippen molar-refractivity contribution in [2.24, 2.45) is 4.99 Å². The van der Waals surface area contributed by atoms with E-state index in [1.54, 1.807) is 18.3 Å². The largest absolute Gasteiger partial charge is 0.618 e. The minimum absolute atomic E-state index is 0.394. The number of aliphatic imine (C=N–C) groups is 1. The highest BCUT2D eigenvalue weighted by atomic mass is 16.5. The maximum absolute atomic E-state index is 11.7. The number of hydrogen-bond acceptors (Lipinski definition) is 2. The van der Waals surface area contributed by atoms with Crippen LogP contribution in [0.2, 0.25) is 0 Å². The van der Waals surface area contributed by atoms with Crippen molar-refractivity contribution in [1.29, 1.82) is 0 Å². The molecule has 0 aliphatic heterocycles. The maximum Gasteiger partial charge on any atom is 0.234 e. The molecule has 0 aliphatic rings. The van der Waals surface area contributed by atoms with E-state index in [0.29, 0.717) is 17.5 Å². The summed E-state index contributed by atoms with van der Waals surface area (Å²) in [6.45, 7) is 8.65. The van der Waals surface area contributed by atoms with Crippen LogP contribution in [0.1, 0.15) is 56.4 Å². The maximum atomic E-state index is 11.7. The first-order valence-electron chi connectivity index (χ1n) is 7.35. The number of nitrogens with zero attached hydrogens (tertiary/aromatic N) is 2. The van der Waals surface area contributed by atoms with E-state index in [0.717, 1.165) is 10.4 Å². The first-order valence-corrected chi connectivity index (χ1v) is 7.35. The normalized spacial score (nSPS) is 11.7. The second-order valence-electron chi connectivity index (χ2n) is 5.80. The molecular formula is C18H22N2O. The van der Waals surface area contributed by atoms with Gasteiger partial charge in [0, 0.05) is 12.1 Å². The minimum Gasteiger partial charge on any atom is -0.618 e. The average molecular weight is 282 g/mol. The van der Waals surface area contributed by atoms with Crippen molar-refractivity contribution in [2.45, 2.75) is 39.5 Å². The molecule has 0 radical (unpaired) electrons. The average Bonchev–Trinajstić information content (AvgIpc) is 2.45. The number of pyridine rings is 1. The molecule has 110 valence electrons. The van der Waals surface area contributed by atoms with E-state index in [2.05, 4.69) is 50.9 Å². The monoisotopic (exact) mass is 282 g/mol. The van der Waals surface area contributed by atoms with Crippen LogP contribution >= 0.6 is 0 Å². The molecule has 0 fully saturated rings. The Morgan fingerprint density at radius 1 is 0.952 bits per heavy atom. The summed E-state index contributed by atoms with van der Waals surface area (Å²) in [7, 11) is 0. The number of rotatable bonds is 4. The molecule has 2 rings (SSSR count). The van der Waals surface area contributed by atoms with Gasteiger partial charge in [0.05, 0.1) is 5.69 Å². The number of aromatic nitrogens is 1. The molecule has 0 amide bonds. The summed E-state index contributed by atoms with van der Waals surface area (Å²) in [5.74, 6) is 0.789. The van der Waals surface area contributed by atoms with Crippen molar-refractivity contribution in [3.05, 3.63) is 64.6 Å². The van der Waals surface area contributed by atoms with Crippen LogP contribution in [0.3, 0.4) is 0 Å². The Balaban J connectivity index is 2.49. The third kappa shape index (κ3) is 3.48. The second-order valence-corrected chi connectivity index (χ2v) is 5.80. The predicted molar refractivity (Wildman–Crippen MR) is 87.3 cm³/mol. The van der Waals surface area contributed by atoms with Gasteiger partial charge in [0.1, 0.15) is 6.21 Å². The Morgan fingerprint density at radius 2 is 1.57 bits per heavy atom. The van der Waals surface area contributed by atoms with Crippen molar-refractivity contribution >= 4 is 11.9 Å². The summed E-state index contributed by atoms with van der Waals surface area (Å²) in [5.41, 5.74) is 3.97. The molecule has 1 aromatic heterocycles. The molecule has 3 nitrogen and oxygen atoms in total. The second kappa shape index (κ2) is 6.53. The van der Waals surface area contributed by atoms with Gasteiger partial charge in [0.2, 0.25) is 5.69 Å². The molecule has 2 aromatic rings. The molecule has 21 heavy (non-hydrogen) atoms. The van der Waals surface area contributed by atoms with Gasteiger partial charge in [-0.15, -0.1) is 0 Å². The summed E-state index contributed by atoms with van der Waals surface area (Å²) < 4.78 is 0.830. The molecular weight excluding hydrogens is 260 g/mol. The zero-order valence-electron chi connectivity index (χ0n) is 13.1. The van der Waals surface area contributed by atoms with Crippen LogP contribution in [0.25, 0.3) is 0 Å². The van der Waals surface area contributed by atoms with Crippen molar-refractivity contribution in [3.8, 4) is 0 Å². The Bertz CT molecular complexity index is 619. The lowest BCUT2D eigenvalue weighted by molar-refractivity contribution is -0.606. The molecule has 0 saturated carbocycles. The van der Waals surface area contributed by atoms with Crippen molar-refractivity contribution in [3.63, 3.8) is 0 Å². The first-order chi connectivity index (χ1) is 10.0. The Hall–Kier alpha value is -2.16. The smallest absolute Gasteiger partial charge is 0.234 e. The van der Waals surface area contributed by atoms with E-state index >= 15 is 0 Å². The lowest BCUT2D eigenvalue weighted by Gasteiger charge is -2.16. The van der Waals surface area contributed by atoms with Crippen LogP contribution < -0.4 is 4.73 Å². The summed E-state index contributed by atoms with van der Waals surface area (Å²) in [6.07, 6.45) is 3.14. The van der Waals surface area contributed by atoms with E-state index in [9.17, 15) is 5.21 Å². The quantitative estimate of drug-likeness (QED) is 0.467. The van der Waals surface area contributed by atoms with E-state index in [1.165, 1.54) is 17.3 Å². The minimum atomic E-state index is 0.394. The predicted octanol–water partition coefficient (Wildman–Crippen LogP) is 4.32. The van der Waals surface area contributed by atoms with Crippen molar-refractivity contribution in [1.82, 2.24) is 0 Å². The molecule has 0 bridgehead atoms. The van der Waals surface area contributed by atoms with Gasteiger partial charge in [0.15, 0.2) is 6.20 Å². The van der Waals surface area contributed by atoms with Crippen LogP contribution in [0.5, 0.6) is 0 Å². The van der Waals surface area contributed by atoms with Crippen LogP contribution in [0, 0.1) is 5.21 Å². The fourth-order valence-electron chi connectivity index (χ4n) is 2.33. The third-order valence-electron chi connectivity index (χ3n) is 3.52. The summed E-state index contributed by atoms with van der Waals surface area (Å²) in [4.78, 5) is 4.63. The van der Waals surface area contributed by atoms with E-state index in [4.69, 9.17) is 0 Å². The van der Waals surface area contributed by atoms with E-state index in [-0.39, 0.29) is 0 Å². The van der Waals surface area contributed by atoms with Crippen molar-refractivity contribution in [2.75, 3.05) is 0 Å². The van der Waals surface area contributed by atoms with Gasteiger partial charge in [-0.05, 0) is 29.0 Å². The number of hydrogen-bond donors (Lipinski definition) is 0. The zero-order valence-corrected chi connectivity index (χ0v) is 13.1. The standard InChI is InChI=1S/C18H22N2O/c1-13(2)16-9-7-10-17(14(3)4)18(16)19-12-15-8-5-6-11-20(15)21/h5-14H,1-4H3. The third-order valence-corrected chi connectivity index (χ3v) is 3.52. The topological polar surface area (TPSA) is 39.3 Å². The van der Waals surface area contributed by atoms with Gasteiger partial charge < -0.3 is 5.21 Å². The Labute approximate surface area is 126 Å². The summed E-state index contributed by atoms with van der Waals surface area (Å²) in [6, 6.07) is 11.6. The van der Waals surface area contributed by atoms with E-state index < -0.39 is 0 Å². The van der Waals surface area contributed by atoms with Gasteiger partial charge in [-0.3, -0.25) is 0 Å². The first kappa shape index (κ1) is 15.2. The fraction of sp³-hybridized carbons (Fsp3) is 0.333. The summed E-state index contributed by atoms with van der Waals surface area (Å²) >= 11 is 0.